The zero-order chi connectivity index (χ0) is 22.0. The summed E-state index contributed by atoms with van der Waals surface area (Å²) in [5.74, 6) is 0.872. The third-order valence-corrected chi connectivity index (χ3v) is 5.02. The molecule has 0 radical (unpaired) electrons. The van der Waals surface area contributed by atoms with Gasteiger partial charge < -0.3 is 9.47 Å². The predicted molar refractivity (Wildman–Crippen MR) is 118 cm³/mol. The third kappa shape index (κ3) is 4.14. The van der Waals surface area contributed by atoms with Crippen molar-refractivity contribution in [3.63, 3.8) is 0 Å². The fourth-order valence-electron chi connectivity index (χ4n) is 3.36. The molecule has 1 amide bonds. The second kappa shape index (κ2) is 8.59. The summed E-state index contributed by atoms with van der Waals surface area (Å²) in [5, 5.41) is 9.48. The van der Waals surface area contributed by atoms with E-state index in [2.05, 4.69) is 15.6 Å². The molecular formula is C23H24N4O4. The molecule has 0 aliphatic carbocycles. The molecule has 0 fully saturated rings. The number of nitrogens with zero attached hydrogens (tertiary/aromatic N) is 3. The maximum atomic E-state index is 12.9. The van der Waals surface area contributed by atoms with Crippen molar-refractivity contribution in [1.82, 2.24) is 15.2 Å². The molecule has 8 heteroatoms. The van der Waals surface area contributed by atoms with Gasteiger partial charge in [-0.15, -0.1) is 0 Å². The van der Waals surface area contributed by atoms with Crippen molar-refractivity contribution in [3.8, 4) is 11.5 Å². The van der Waals surface area contributed by atoms with Gasteiger partial charge >= 0.3 is 0 Å². The maximum absolute atomic E-state index is 12.9. The lowest BCUT2D eigenvalue weighted by Gasteiger charge is -2.13. The van der Waals surface area contributed by atoms with Crippen LogP contribution < -0.4 is 20.5 Å². The van der Waals surface area contributed by atoms with Gasteiger partial charge in [-0.25, -0.2) is 10.1 Å². The van der Waals surface area contributed by atoms with E-state index in [1.165, 1.54) is 4.68 Å². The summed E-state index contributed by atoms with van der Waals surface area (Å²) in [4.78, 5) is 25.6. The fourth-order valence-corrected chi connectivity index (χ4v) is 3.36. The summed E-state index contributed by atoms with van der Waals surface area (Å²) < 4.78 is 12.7. The Bertz CT molecular complexity index is 1230. The lowest BCUT2D eigenvalue weighted by molar-refractivity contribution is 0.0949. The Hall–Kier alpha value is -3.68. The zero-order valence-corrected chi connectivity index (χ0v) is 17.7. The summed E-state index contributed by atoms with van der Waals surface area (Å²) >= 11 is 0. The van der Waals surface area contributed by atoms with Gasteiger partial charge in [-0.2, -0.15) is 10.2 Å². The van der Waals surface area contributed by atoms with Crippen LogP contribution in [0.2, 0.25) is 0 Å². The van der Waals surface area contributed by atoms with Gasteiger partial charge in [-0.3, -0.25) is 9.59 Å². The molecule has 0 spiro atoms. The molecule has 0 saturated carbocycles. The van der Waals surface area contributed by atoms with Crippen LogP contribution in [-0.4, -0.2) is 34.6 Å². The molecule has 0 atom stereocenters. The molecule has 0 unspecified atom stereocenters. The minimum atomic E-state index is -0.487. The van der Waals surface area contributed by atoms with Gasteiger partial charge in [0.05, 0.1) is 30.4 Å². The second-order valence-electron chi connectivity index (χ2n) is 7.59. The van der Waals surface area contributed by atoms with Crippen molar-refractivity contribution in [1.29, 1.82) is 0 Å². The smallest absolute Gasteiger partial charge is 0.292 e. The van der Waals surface area contributed by atoms with Gasteiger partial charge in [0.15, 0.2) is 17.2 Å². The summed E-state index contributed by atoms with van der Waals surface area (Å²) in [6, 6.07) is 12.3. The number of benzene rings is 2. The van der Waals surface area contributed by atoms with Gasteiger partial charge in [-0.1, -0.05) is 18.2 Å². The number of aromatic nitrogens is 2. The predicted octanol–water partition coefficient (Wildman–Crippen LogP) is 3.29. The number of hydrogen-bond acceptors (Lipinski definition) is 6. The molecule has 4 rings (SSSR count). The molecule has 3 aromatic rings. The molecule has 1 aliphatic rings. The maximum Gasteiger partial charge on any atom is 0.292 e. The molecule has 1 aromatic heterocycles. The van der Waals surface area contributed by atoms with Crippen LogP contribution in [0.5, 0.6) is 11.5 Å². The van der Waals surface area contributed by atoms with Gasteiger partial charge in [0.25, 0.3) is 11.5 Å². The minimum Gasteiger partial charge on any atom is -0.490 e. The van der Waals surface area contributed by atoms with Gasteiger partial charge in [0.1, 0.15) is 0 Å². The normalized spacial score (nSPS) is 13.9. The first-order valence-electron chi connectivity index (χ1n) is 10.2. The Morgan fingerprint density at radius 1 is 1.10 bits per heavy atom. The average Bonchev–Trinajstić information content (AvgIpc) is 3.02. The highest BCUT2D eigenvalue weighted by Crippen LogP contribution is 2.30. The first-order chi connectivity index (χ1) is 15.0. The van der Waals surface area contributed by atoms with Crippen LogP contribution in [0.4, 0.5) is 0 Å². The summed E-state index contributed by atoms with van der Waals surface area (Å²) in [7, 11) is 0. The first-order valence-corrected chi connectivity index (χ1v) is 10.2. The average molecular weight is 420 g/mol. The van der Waals surface area contributed by atoms with Crippen LogP contribution >= 0.6 is 0 Å². The molecule has 2 aromatic carbocycles. The number of nitrogens with one attached hydrogen (secondary N) is 1. The van der Waals surface area contributed by atoms with E-state index in [4.69, 9.17) is 9.47 Å². The molecule has 0 bridgehead atoms. The molecule has 2 heterocycles. The lowest BCUT2D eigenvalue weighted by Crippen LogP contribution is -2.30. The summed E-state index contributed by atoms with van der Waals surface area (Å²) in [5.41, 5.74) is 3.89. The van der Waals surface area contributed by atoms with E-state index >= 15 is 0 Å². The molecule has 160 valence electrons. The van der Waals surface area contributed by atoms with Gasteiger partial charge in [0, 0.05) is 17.4 Å². The molecule has 1 aliphatic heterocycles. The molecule has 0 saturated heterocycles. The Morgan fingerprint density at radius 3 is 2.55 bits per heavy atom. The van der Waals surface area contributed by atoms with Gasteiger partial charge in [0.2, 0.25) is 0 Å². The largest absolute Gasteiger partial charge is 0.490 e. The Labute approximate surface area is 179 Å². The quantitative estimate of drug-likeness (QED) is 0.516. The Morgan fingerprint density at radius 2 is 1.81 bits per heavy atom. The number of hydrogen-bond donors (Lipinski definition) is 1. The summed E-state index contributed by atoms with van der Waals surface area (Å²) in [6.45, 7) is 6.69. The lowest BCUT2D eigenvalue weighted by atomic mass is 10.1. The molecular weight excluding hydrogens is 396 g/mol. The van der Waals surface area contributed by atoms with Gasteiger partial charge in [-0.05, 0) is 45.0 Å². The number of amides is 1. The molecule has 8 nitrogen and oxygen atoms in total. The standard InChI is InChI=1S/C23H24N4O4/c1-14(2)27-23(29)18-8-5-4-7-17(18)21(26-27)22(28)25-24-15(3)16-9-10-19-20(13-16)31-12-6-11-30-19/h4-5,7-10,13-14H,6,11-12H2,1-3H3,(H,25,28)/b24-15-. The molecule has 1 N–H and O–H groups in total. The number of carbonyl (C=O) groups is 1. The van der Waals surface area contributed by atoms with E-state index in [9.17, 15) is 9.59 Å². The van der Waals surface area contributed by atoms with Crippen molar-refractivity contribution < 1.29 is 14.3 Å². The van der Waals surface area contributed by atoms with E-state index < -0.39 is 5.91 Å². The van der Waals surface area contributed by atoms with Crippen LogP contribution in [0.1, 0.15) is 49.3 Å². The Kier molecular flexibility index (Phi) is 5.70. The monoisotopic (exact) mass is 420 g/mol. The van der Waals surface area contributed by atoms with E-state index in [1.54, 1.807) is 31.2 Å². The SMILES string of the molecule is C/C(=N/NC(=O)c1nn(C(C)C)c(=O)c2ccccc12)c1ccc2c(c1)OCCCO2. The highest BCUT2D eigenvalue weighted by molar-refractivity contribution is 6.06. The highest BCUT2D eigenvalue weighted by Gasteiger charge is 2.18. The number of ether oxygens (including phenoxy) is 2. The number of carbonyl (C=O) groups excluding carboxylic acids is 1. The topological polar surface area (TPSA) is 94.8 Å². The van der Waals surface area contributed by atoms with Crippen molar-refractivity contribution in [3.05, 3.63) is 64.1 Å². The zero-order valence-electron chi connectivity index (χ0n) is 17.7. The van der Waals surface area contributed by atoms with Crippen molar-refractivity contribution in [2.75, 3.05) is 13.2 Å². The van der Waals surface area contributed by atoms with E-state index in [-0.39, 0.29) is 17.3 Å². The molecule has 31 heavy (non-hydrogen) atoms. The van der Waals surface area contributed by atoms with Crippen molar-refractivity contribution in [2.24, 2.45) is 5.10 Å². The van der Waals surface area contributed by atoms with Crippen LogP contribution in [0.3, 0.4) is 0 Å². The van der Waals surface area contributed by atoms with Crippen LogP contribution in [0.25, 0.3) is 10.8 Å². The minimum absolute atomic E-state index is 0.152. The first kappa shape index (κ1) is 20.6. The number of fused-ring (bicyclic) bond motifs is 2. The second-order valence-corrected chi connectivity index (χ2v) is 7.59. The fraction of sp³-hybridized carbons (Fsp3) is 0.304. The van der Waals surface area contributed by atoms with Crippen LogP contribution in [-0.2, 0) is 0 Å². The number of rotatable bonds is 4. The third-order valence-electron chi connectivity index (χ3n) is 5.02. The van der Waals surface area contributed by atoms with E-state index in [0.717, 1.165) is 12.0 Å². The Balaban J connectivity index is 1.64. The van der Waals surface area contributed by atoms with Crippen molar-refractivity contribution in [2.45, 2.75) is 33.2 Å². The van der Waals surface area contributed by atoms with E-state index in [1.807, 2.05) is 32.0 Å². The van der Waals surface area contributed by atoms with Crippen molar-refractivity contribution >= 4 is 22.4 Å². The van der Waals surface area contributed by atoms with E-state index in [0.29, 0.717) is 41.2 Å². The summed E-state index contributed by atoms with van der Waals surface area (Å²) in [6.07, 6.45) is 0.826. The highest BCUT2D eigenvalue weighted by atomic mass is 16.5. The van der Waals surface area contributed by atoms with Crippen LogP contribution in [0, 0.1) is 0 Å². The van der Waals surface area contributed by atoms with Crippen LogP contribution in [0.15, 0.2) is 52.4 Å². The number of hydrazone groups is 1.